The molecule has 0 saturated carbocycles. The number of amides is 1. The van der Waals surface area contributed by atoms with E-state index < -0.39 is 10.0 Å². The van der Waals surface area contributed by atoms with Crippen LogP contribution in [0.15, 0.2) is 53.4 Å². The summed E-state index contributed by atoms with van der Waals surface area (Å²) < 4.78 is 26.8. The molecule has 0 bridgehead atoms. The van der Waals surface area contributed by atoms with E-state index in [0.717, 1.165) is 34.2 Å². The number of fused-ring (bicyclic) bond motifs is 1. The average Bonchev–Trinajstić information content (AvgIpc) is 3.20. The van der Waals surface area contributed by atoms with Crippen molar-refractivity contribution >= 4 is 55.0 Å². The minimum absolute atomic E-state index is 0. The second-order valence-electron chi connectivity index (χ2n) is 7.26. The highest BCUT2D eigenvalue weighted by Gasteiger charge is 2.23. The van der Waals surface area contributed by atoms with Gasteiger partial charge in [-0.15, -0.1) is 12.4 Å². The van der Waals surface area contributed by atoms with Gasteiger partial charge in [-0.2, -0.15) is 0 Å². The molecule has 0 spiro atoms. The normalized spacial score (nSPS) is 11.7. The van der Waals surface area contributed by atoms with Gasteiger partial charge in [-0.1, -0.05) is 37.3 Å². The van der Waals surface area contributed by atoms with E-state index in [2.05, 4.69) is 23.7 Å². The van der Waals surface area contributed by atoms with Crippen LogP contribution in [-0.2, 0) is 10.0 Å². The van der Waals surface area contributed by atoms with Crippen LogP contribution in [-0.4, -0.2) is 68.8 Å². The number of benzene rings is 2. The molecule has 0 unspecified atom stereocenters. The van der Waals surface area contributed by atoms with Gasteiger partial charge in [0.05, 0.1) is 15.1 Å². The minimum Gasteiger partial charge on any atom is -0.302 e. The Labute approximate surface area is 200 Å². The first-order chi connectivity index (χ1) is 14.8. The fourth-order valence-electron chi connectivity index (χ4n) is 3.18. The highest BCUT2D eigenvalue weighted by molar-refractivity contribution is 7.89. The summed E-state index contributed by atoms with van der Waals surface area (Å²) in [5.41, 5.74) is 1.28. The molecule has 1 amide bonds. The molecule has 2 aromatic carbocycles. The maximum atomic E-state index is 13.4. The molecule has 0 aliphatic carbocycles. The molecule has 0 aliphatic rings. The summed E-state index contributed by atoms with van der Waals surface area (Å²) in [5, 5.41) is 0.642. The second kappa shape index (κ2) is 11.2. The number of halogens is 1. The number of likely N-dealkylation sites (N-methyl/N-ethyl adjacent to an activating group) is 1. The zero-order chi connectivity index (χ0) is 22.6. The molecule has 0 saturated heterocycles. The fraction of sp³-hybridized carbons (Fsp3) is 0.364. The maximum absolute atomic E-state index is 13.4. The zero-order valence-corrected chi connectivity index (χ0v) is 21.1. The zero-order valence-electron chi connectivity index (χ0n) is 18.7. The first kappa shape index (κ1) is 26.2. The third kappa shape index (κ3) is 5.65. The molecule has 0 atom stereocenters. The Hall–Kier alpha value is -2.04. The molecule has 7 nitrogen and oxygen atoms in total. The molecule has 10 heteroatoms. The molecule has 1 heterocycles. The van der Waals surface area contributed by atoms with Crippen LogP contribution in [0.1, 0.15) is 24.2 Å². The number of aromatic nitrogens is 1. The van der Waals surface area contributed by atoms with E-state index in [1.165, 1.54) is 37.6 Å². The van der Waals surface area contributed by atoms with Crippen molar-refractivity contribution in [3.63, 3.8) is 0 Å². The van der Waals surface area contributed by atoms with E-state index in [0.29, 0.717) is 17.2 Å². The molecule has 174 valence electrons. The van der Waals surface area contributed by atoms with Crippen LogP contribution < -0.4 is 4.90 Å². The van der Waals surface area contributed by atoms with E-state index in [4.69, 9.17) is 0 Å². The van der Waals surface area contributed by atoms with Gasteiger partial charge < -0.3 is 4.90 Å². The van der Waals surface area contributed by atoms with Crippen molar-refractivity contribution in [2.24, 2.45) is 0 Å². The number of hydrogen-bond acceptors (Lipinski definition) is 6. The Balaban J connectivity index is 0.00000363. The number of thiazole rings is 1. The lowest BCUT2D eigenvalue weighted by molar-refractivity contribution is 0.0983. The average molecular weight is 497 g/mol. The van der Waals surface area contributed by atoms with E-state index in [1.54, 1.807) is 17.0 Å². The van der Waals surface area contributed by atoms with Crippen molar-refractivity contribution in [3.8, 4) is 0 Å². The van der Waals surface area contributed by atoms with Gasteiger partial charge >= 0.3 is 0 Å². The number of nitrogens with zero attached hydrogens (tertiary/aromatic N) is 4. The van der Waals surface area contributed by atoms with Gasteiger partial charge in [0, 0.05) is 32.7 Å². The summed E-state index contributed by atoms with van der Waals surface area (Å²) in [6, 6.07) is 13.9. The van der Waals surface area contributed by atoms with Crippen molar-refractivity contribution < 1.29 is 13.2 Å². The van der Waals surface area contributed by atoms with Gasteiger partial charge in [-0.05, 0) is 49.5 Å². The predicted octanol–water partition coefficient (Wildman–Crippen LogP) is 3.96. The Morgan fingerprint density at radius 1 is 0.969 bits per heavy atom. The molecule has 0 N–H and O–H groups in total. The number of carbonyl (C=O) groups is 1. The smallest absolute Gasteiger partial charge is 0.260 e. The van der Waals surface area contributed by atoms with Crippen LogP contribution in [0.3, 0.4) is 0 Å². The number of sulfonamides is 1. The van der Waals surface area contributed by atoms with Gasteiger partial charge in [0.25, 0.3) is 5.91 Å². The van der Waals surface area contributed by atoms with Gasteiger partial charge in [0.1, 0.15) is 0 Å². The first-order valence-electron chi connectivity index (χ1n) is 10.2. The lowest BCUT2D eigenvalue weighted by Gasteiger charge is -2.24. The Morgan fingerprint density at radius 3 is 2.16 bits per heavy atom. The summed E-state index contributed by atoms with van der Waals surface area (Å²) in [6.07, 6.45) is 0. The fourth-order valence-corrected chi connectivity index (χ4v) is 5.07. The molecule has 1 aromatic heterocycles. The third-order valence-electron chi connectivity index (χ3n) is 5.17. The highest BCUT2D eigenvalue weighted by atomic mass is 35.5. The van der Waals surface area contributed by atoms with Gasteiger partial charge in [-0.3, -0.25) is 9.69 Å². The Morgan fingerprint density at radius 2 is 1.59 bits per heavy atom. The standard InChI is InChI=1S/C22H28N4O3S2.ClH/c1-5-25(6-2)15-16-26(22-23-19-9-7-8-10-20(19)30-22)21(27)17-11-13-18(14-12-17)31(28,29)24(3)4;/h7-14H,5-6,15-16H2,1-4H3;1H. The largest absolute Gasteiger partial charge is 0.302 e. The molecule has 32 heavy (non-hydrogen) atoms. The lowest BCUT2D eigenvalue weighted by Crippen LogP contribution is -2.38. The monoisotopic (exact) mass is 496 g/mol. The van der Waals surface area contributed by atoms with E-state index in [9.17, 15) is 13.2 Å². The van der Waals surface area contributed by atoms with E-state index >= 15 is 0 Å². The first-order valence-corrected chi connectivity index (χ1v) is 12.5. The molecule has 3 aromatic rings. The van der Waals surface area contributed by atoms with Crippen molar-refractivity contribution in [3.05, 3.63) is 54.1 Å². The van der Waals surface area contributed by atoms with E-state index in [1.807, 2.05) is 24.3 Å². The van der Waals surface area contributed by atoms with Crippen molar-refractivity contribution in [2.45, 2.75) is 18.7 Å². The summed E-state index contributed by atoms with van der Waals surface area (Å²) in [6.45, 7) is 7.21. The van der Waals surface area contributed by atoms with Gasteiger partial charge in [0.2, 0.25) is 10.0 Å². The van der Waals surface area contributed by atoms with Crippen LogP contribution in [0, 0.1) is 0 Å². The van der Waals surface area contributed by atoms with Gasteiger partial charge in [0.15, 0.2) is 5.13 Å². The predicted molar refractivity (Wildman–Crippen MR) is 134 cm³/mol. The number of para-hydroxylation sites is 1. The molecular weight excluding hydrogens is 468 g/mol. The van der Waals surface area contributed by atoms with Crippen LogP contribution in [0.2, 0.25) is 0 Å². The highest BCUT2D eigenvalue weighted by Crippen LogP contribution is 2.29. The minimum atomic E-state index is -3.55. The summed E-state index contributed by atoms with van der Waals surface area (Å²) in [5.74, 6) is -0.194. The maximum Gasteiger partial charge on any atom is 0.260 e. The molecule has 3 rings (SSSR count). The quantitative estimate of drug-likeness (QED) is 0.448. The number of anilines is 1. The topological polar surface area (TPSA) is 73.8 Å². The molecular formula is C22H29ClN4O3S2. The number of rotatable bonds is 9. The van der Waals surface area contributed by atoms with Crippen molar-refractivity contribution in [1.29, 1.82) is 0 Å². The Kier molecular flexibility index (Phi) is 9.18. The van der Waals surface area contributed by atoms with Crippen molar-refractivity contribution in [2.75, 3.05) is 45.2 Å². The third-order valence-corrected chi connectivity index (χ3v) is 8.06. The van der Waals surface area contributed by atoms with Gasteiger partial charge in [-0.25, -0.2) is 17.7 Å². The number of hydrogen-bond donors (Lipinski definition) is 0. The Bertz CT molecular complexity index is 1110. The second-order valence-corrected chi connectivity index (χ2v) is 10.4. The molecule has 0 fully saturated rings. The van der Waals surface area contributed by atoms with E-state index in [-0.39, 0.29) is 23.2 Å². The molecule has 0 aliphatic heterocycles. The lowest BCUT2D eigenvalue weighted by atomic mass is 10.2. The molecule has 0 radical (unpaired) electrons. The summed E-state index contributed by atoms with van der Waals surface area (Å²) >= 11 is 1.48. The summed E-state index contributed by atoms with van der Waals surface area (Å²) in [7, 11) is -0.581. The van der Waals surface area contributed by atoms with Crippen LogP contribution in [0.5, 0.6) is 0 Å². The van der Waals surface area contributed by atoms with Crippen LogP contribution in [0.25, 0.3) is 10.2 Å². The number of carbonyl (C=O) groups excluding carboxylic acids is 1. The SMILES string of the molecule is CCN(CC)CCN(C(=O)c1ccc(S(=O)(=O)N(C)C)cc1)c1nc2ccccc2s1.Cl. The van der Waals surface area contributed by atoms with Crippen LogP contribution >= 0.6 is 23.7 Å². The van der Waals surface area contributed by atoms with Crippen LogP contribution in [0.4, 0.5) is 5.13 Å². The van der Waals surface area contributed by atoms with Crippen molar-refractivity contribution in [1.82, 2.24) is 14.2 Å². The summed E-state index contributed by atoms with van der Waals surface area (Å²) in [4.78, 5) is 22.2.